The second-order valence-electron chi connectivity index (χ2n) is 6.34. The standard InChI is InChI=1S/C19H30N4O2/c1-3-21-19(23-11-7-8-15(14-23)12-18(20)24)22-13-16-9-5-6-10-17(16)25-4-2/h5-6,9-10,15H,3-4,7-8,11-14H2,1-2H3,(H2,20,24)(H,21,22). The lowest BCUT2D eigenvalue weighted by Crippen LogP contribution is -2.47. The monoisotopic (exact) mass is 346 g/mol. The van der Waals surface area contributed by atoms with Crippen LogP contribution >= 0.6 is 0 Å². The van der Waals surface area contributed by atoms with Crippen LogP contribution in [0.1, 0.15) is 38.7 Å². The van der Waals surface area contributed by atoms with Gasteiger partial charge in [0.25, 0.3) is 0 Å². The quantitative estimate of drug-likeness (QED) is 0.585. The second-order valence-corrected chi connectivity index (χ2v) is 6.34. The van der Waals surface area contributed by atoms with Crippen LogP contribution in [-0.4, -0.2) is 43.0 Å². The van der Waals surface area contributed by atoms with Gasteiger partial charge < -0.3 is 20.7 Å². The van der Waals surface area contributed by atoms with E-state index in [4.69, 9.17) is 15.5 Å². The molecule has 0 aromatic heterocycles. The summed E-state index contributed by atoms with van der Waals surface area (Å²) in [7, 11) is 0. The van der Waals surface area contributed by atoms with Gasteiger partial charge in [0.05, 0.1) is 13.2 Å². The van der Waals surface area contributed by atoms with E-state index >= 15 is 0 Å². The highest BCUT2D eigenvalue weighted by molar-refractivity contribution is 5.80. The molecule has 6 nitrogen and oxygen atoms in total. The Balaban J connectivity index is 2.08. The summed E-state index contributed by atoms with van der Waals surface area (Å²) in [5.41, 5.74) is 6.44. The van der Waals surface area contributed by atoms with Crippen LogP contribution in [0.2, 0.25) is 0 Å². The molecule has 25 heavy (non-hydrogen) atoms. The lowest BCUT2D eigenvalue weighted by molar-refractivity contribution is -0.119. The molecule has 1 saturated heterocycles. The van der Waals surface area contributed by atoms with Crippen molar-refractivity contribution < 1.29 is 9.53 Å². The minimum absolute atomic E-state index is 0.223. The number of piperidine rings is 1. The van der Waals surface area contributed by atoms with Crippen molar-refractivity contribution in [3.05, 3.63) is 29.8 Å². The van der Waals surface area contributed by atoms with Gasteiger partial charge in [-0.25, -0.2) is 4.99 Å². The number of hydrogen-bond acceptors (Lipinski definition) is 3. The number of ether oxygens (including phenoxy) is 1. The van der Waals surface area contributed by atoms with E-state index in [0.717, 1.165) is 49.7 Å². The minimum atomic E-state index is -0.223. The van der Waals surface area contributed by atoms with Gasteiger partial charge in [0.2, 0.25) is 5.91 Å². The summed E-state index contributed by atoms with van der Waals surface area (Å²) in [4.78, 5) is 18.3. The van der Waals surface area contributed by atoms with Crippen LogP contribution in [0.3, 0.4) is 0 Å². The number of nitrogens with zero attached hydrogens (tertiary/aromatic N) is 2. The molecule has 1 aromatic carbocycles. The van der Waals surface area contributed by atoms with Crippen molar-refractivity contribution in [2.45, 2.75) is 39.7 Å². The van der Waals surface area contributed by atoms with Crippen molar-refractivity contribution in [3.8, 4) is 5.75 Å². The summed E-state index contributed by atoms with van der Waals surface area (Å²) < 4.78 is 5.68. The van der Waals surface area contributed by atoms with Gasteiger partial charge in [-0.3, -0.25) is 4.79 Å². The summed E-state index contributed by atoms with van der Waals surface area (Å²) in [6.07, 6.45) is 2.55. The number of primary amides is 1. The Morgan fingerprint density at radius 1 is 1.40 bits per heavy atom. The number of para-hydroxylation sites is 1. The number of carbonyl (C=O) groups excluding carboxylic acids is 1. The first-order chi connectivity index (χ1) is 12.1. The van der Waals surface area contributed by atoms with Gasteiger partial charge in [0, 0.05) is 31.6 Å². The van der Waals surface area contributed by atoms with Crippen LogP contribution in [0, 0.1) is 5.92 Å². The summed E-state index contributed by atoms with van der Waals surface area (Å²) in [6, 6.07) is 8.00. The van der Waals surface area contributed by atoms with Crippen LogP contribution < -0.4 is 15.8 Å². The fourth-order valence-corrected chi connectivity index (χ4v) is 3.23. The van der Waals surface area contributed by atoms with Gasteiger partial charge in [-0.1, -0.05) is 18.2 Å². The topological polar surface area (TPSA) is 80.0 Å². The average Bonchev–Trinajstić information content (AvgIpc) is 2.59. The first-order valence-electron chi connectivity index (χ1n) is 9.16. The SMILES string of the molecule is CCNC(=NCc1ccccc1OCC)N1CCCC(CC(N)=O)C1. The smallest absolute Gasteiger partial charge is 0.217 e. The third-order valence-corrected chi connectivity index (χ3v) is 4.31. The largest absolute Gasteiger partial charge is 0.494 e. The summed E-state index contributed by atoms with van der Waals surface area (Å²) >= 11 is 0. The van der Waals surface area contributed by atoms with Crippen molar-refractivity contribution in [1.29, 1.82) is 0 Å². The maximum Gasteiger partial charge on any atom is 0.217 e. The van der Waals surface area contributed by atoms with E-state index < -0.39 is 0 Å². The Kier molecular flexibility index (Phi) is 7.57. The number of rotatable bonds is 7. The van der Waals surface area contributed by atoms with Crippen LogP contribution in [0.15, 0.2) is 29.3 Å². The number of hydrogen-bond donors (Lipinski definition) is 2. The molecule has 1 fully saturated rings. The van der Waals surface area contributed by atoms with E-state index in [1.54, 1.807) is 0 Å². The Morgan fingerprint density at radius 3 is 2.92 bits per heavy atom. The van der Waals surface area contributed by atoms with Gasteiger partial charge in [0.1, 0.15) is 5.75 Å². The Labute approximate surface area is 150 Å². The van der Waals surface area contributed by atoms with Gasteiger partial charge in [-0.2, -0.15) is 0 Å². The fourth-order valence-electron chi connectivity index (χ4n) is 3.23. The molecule has 1 aromatic rings. The third kappa shape index (κ3) is 5.96. The van der Waals surface area contributed by atoms with Crippen LogP contribution in [0.5, 0.6) is 5.75 Å². The first-order valence-corrected chi connectivity index (χ1v) is 9.16. The summed E-state index contributed by atoms with van der Waals surface area (Å²) in [6.45, 7) is 7.83. The average molecular weight is 346 g/mol. The second kappa shape index (κ2) is 9.91. The number of aliphatic imine (C=N–C) groups is 1. The molecule has 6 heteroatoms. The zero-order chi connectivity index (χ0) is 18.1. The van der Waals surface area contributed by atoms with Gasteiger partial charge >= 0.3 is 0 Å². The van der Waals surface area contributed by atoms with Crippen molar-refractivity contribution in [2.24, 2.45) is 16.6 Å². The maximum atomic E-state index is 11.2. The lowest BCUT2D eigenvalue weighted by Gasteiger charge is -2.34. The number of amides is 1. The predicted molar refractivity (Wildman–Crippen MR) is 101 cm³/mol. The van der Waals surface area contributed by atoms with E-state index in [0.29, 0.717) is 25.5 Å². The molecule has 2 rings (SSSR count). The van der Waals surface area contributed by atoms with Gasteiger partial charge in [-0.05, 0) is 38.7 Å². The first kappa shape index (κ1) is 19.1. The Morgan fingerprint density at radius 2 is 2.20 bits per heavy atom. The van der Waals surface area contributed by atoms with Crippen molar-refractivity contribution in [3.63, 3.8) is 0 Å². The zero-order valence-corrected chi connectivity index (χ0v) is 15.3. The predicted octanol–water partition coefficient (Wildman–Crippen LogP) is 2.14. The number of likely N-dealkylation sites (tertiary alicyclic amines) is 1. The van der Waals surface area contributed by atoms with Crippen molar-refractivity contribution >= 4 is 11.9 Å². The van der Waals surface area contributed by atoms with Crippen LogP contribution in [-0.2, 0) is 11.3 Å². The lowest BCUT2D eigenvalue weighted by atomic mass is 9.95. The molecule has 1 heterocycles. The minimum Gasteiger partial charge on any atom is -0.494 e. The normalized spacial score (nSPS) is 18.1. The summed E-state index contributed by atoms with van der Waals surface area (Å²) in [5.74, 6) is 1.86. The molecule has 0 spiro atoms. The molecular formula is C19H30N4O2. The van der Waals surface area contributed by atoms with Gasteiger partial charge in [0.15, 0.2) is 5.96 Å². The Bertz CT molecular complexity index is 589. The molecule has 1 aliphatic rings. The third-order valence-electron chi connectivity index (χ3n) is 4.31. The highest BCUT2D eigenvalue weighted by Crippen LogP contribution is 2.21. The van der Waals surface area contributed by atoms with E-state index in [9.17, 15) is 4.79 Å². The molecule has 3 N–H and O–H groups in total. The summed E-state index contributed by atoms with van der Waals surface area (Å²) in [5, 5.41) is 3.37. The molecule has 1 amide bonds. The van der Waals surface area contributed by atoms with Crippen molar-refractivity contribution in [1.82, 2.24) is 10.2 Å². The number of carbonyl (C=O) groups is 1. The highest BCUT2D eigenvalue weighted by atomic mass is 16.5. The number of nitrogens with two attached hydrogens (primary N) is 1. The maximum absolute atomic E-state index is 11.2. The molecule has 1 atom stereocenters. The zero-order valence-electron chi connectivity index (χ0n) is 15.3. The number of nitrogens with one attached hydrogen (secondary N) is 1. The van der Waals surface area contributed by atoms with Crippen LogP contribution in [0.4, 0.5) is 0 Å². The van der Waals surface area contributed by atoms with E-state index in [-0.39, 0.29) is 5.91 Å². The molecule has 1 unspecified atom stereocenters. The molecule has 1 aliphatic heterocycles. The molecule has 0 radical (unpaired) electrons. The Hall–Kier alpha value is -2.24. The van der Waals surface area contributed by atoms with Crippen molar-refractivity contribution in [2.75, 3.05) is 26.2 Å². The number of benzene rings is 1. The van der Waals surface area contributed by atoms with E-state index in [1.165, 1.54) is 0 Å². The fraction of sp³-hybridized carbons (Fsp3) is 0.579. The van der Waals surface area contributed by atoms with Gasteiger partial charge in [-0.15, -0.1) is 0 Å². The highest BCUT2D eigenvalue weighted by Gasteiger charge is 2.23. The molecule has 0 aliphatic carbocycles. The number of guanidine groups is 1. The van der Waals surface area contributed by atoms with E-state index in [2.05, 4.69) is 17.1 Å². The van der Waals surface area contributed by atoms with E-state index in [1.807, 2.05) is 31.2 Å². The molecule has 0 saturated carbocycles. The van der Waals surface area contributed by atoms with Crippen LogP contribution in [0.25, 0.3) is 0 Å². The molecular weight excluding hydrogens is 316 g/mol. The molecule has 138 valence electrons. The molecule has 0 bridgehead atoms.